The van der Waals surface area contributed by atoms with Gasteiger partial charge in [0, 0.05) is 53.6 Å². The summed E-state index contributed by atoms with van der Waals surface area (Å²) in [4.78, 5) is 30.6. The second kappa shape index (κ2) is 11.1. The molecular weight excluding hydrogens is 510 g/mol. The number of hydrogen-bond donors (Lipinski definition) is 1. The molecular formula is C33H29N7O. The summed E-state index contributed by atoms with van der Waals surface area (Å²) in [5, 5.41) is 10.2. The molecule has 0 atom stereocenters. The molecule has 8 nitrogen and oxygen atoms in total. The second-order valence-corrected chi connectivity index (χ2v) is 10.2. The summed E-state index contributed by atoms with van der Waals surface area (Å²) < 4.78 is 1.76. The summed E-state index contributed by atoms with van der Waals surface area (Å²) in [5.41, 5.74) is 6.56. The van der Waals surface area contributed by atoms with E-state index in [0.29, 0.717) is 24.7 Å². The van der Waals surface area contributed by atoms with Gasteiger partial charge in [0.05, 0.1) is 11.9 Å². The van der Waals surface area contributed by atoms with Gasteiger partial charge < -0.3 is 5.32 Å². The Morgan fingerprint density at radius 1 is 1.02 bits per heavy atom. The maximum absolute atomic E-state index is 11.9. The molecule has 0 amide bonds. The van der Waals surface area contributed by atoms with Gasteiger partial charge in [-0.1, -0.05) is 62.9 Å². The second-order valence-electron chi connectivity index (χ2n) is 10.2. The van der Waals surface area contributed by atoms with Gasteiger partial charge in [-0.15, -0.1) is 0 Å². The standard InChI is InChI=1S/C33H29N7O/c1-4-26(41)17-22-11-12-28-23(16-22)13-15-35-30(28)27-10-6-5-8-24(27)19-36-33-39-31(25-9-7-14-34-18-25)38-32-29(21(2)3)20-37-40(32)33/h4-16,18,20-21H,1,17,19H2,2-3H3,(H,36,38,39). The molecule has 0 aliphatic carbocycles. The van der Waals surface area contributed by atoms with E-state index in [1.165, 1.54) is 6.08 Å². The van der Waals surface area contributed by atoms with Gasteiger partial charge in [0.25, 0.3) is 0 Å². The maximum atomic E-state index is 11.9. The van der Waals surface area contributed by atoms with Gasteiger partial charge in [0.1, 0.15) is 0 Å². The summed E-state index contributed by atoms with van der Waals surface area (Å²) >= 11 is 0. The first-order valence-corrected chi connectivity index (χ1v) is 13.5. The molecule has 0 spiro atoms. The first kappa shape index (κ1) is 26.0. The smallest absolute Gasteiger partial charge is 0.228 e. The monoisotopic (exact) mass is 539 g/mol. The average Bonchev–Trinajstić information content (AvgIpc) is 3.45. The number of nitrogens with zero attached hydrogens (tertiary/aromatic N) is 6. The van der Waals surface area contributed by atoms with Crippen molar-refractivity contribution in [3.05, 3.63) is 115 Å². The zero-order valence-corrected chi connectivity index (χ0v) is 23.0. The summed E-state index contributed by atoms with van der Waals surface area (Å²) in [6.45, 7) is 8.34. The van der Waals surface area contributed by atoms with Crippen LogP contribution in [0.5, 0.6) is 0 Å². The molecule has 4 heterocycles. The summed E-state index contributed by atoms with van der Waals surface area (Å²) in [7, 11) is 0. The predicted molar refractivity (Wildman–Crippen MR) is 162 cm³/mol. The van der Waals surface area contributed by atoms with Crippen LogP contribution in [0.2, 0.25) is 0 Å². The summed E-state index contributed by atoms with van der Waals surface area (Å²) in [6, 6.07) is 20.1. The van der Waals surface area contributed by atoms with Crippen molar-refractivity contribution in [3.8, 4) is 22.6 Å². The fourth-order valence-electron chi connectivity index (χ4n) is 4.95. The van der Waals surface area contributed by atoms with Crippen molar-refractivity contribution in [1.29, 1.82) is 0 Å². The van der Waals surface area contributed by atoms with Gasteiger partial charge in [-0.25, -0.2) is 4.98 Å². The van der Waals surface area contributed by atoms with Crippen molar-refractivity contribution in [1.82, 2.24) is 29.5 Å². The SMILES string of the molecule is C=CC(=O)Cc1ccc2c(-c3ccccc3CNc3nc(-c4cccnc4)nc4c(C(C)C)cnn34)nccc2c1. The van der Waals surface area contributed by atoms with Crippen LogP contribution in [0.3, 0.4) is 0 Å². The maximum Gasteiger partial charge on any atom is 0.228 e. The lowest BCUT2D eigenvalue weighted by Gasteiger charge is -2.14. The van der Waals surface area contributed by atoms with E-state index in [1.54, 1.807) is 16.9 Å². The first-order chi connectivity index (χ1) is 20.0. The molecule has 202 valence electrons. The zero-order chi connectivity index (χ0) is 28.3. The van der Waals surface area contributed by atoms with E-state index >= 15 is 0 Å². The molecule has 41 heavy (non-hydrogen) atoms. The van der Waals surface area contributed by atoms with E-state index in [2.05, 4.69) is 48.0 Å². The molecule has 0 radical (unpaired) electrons. The summed E-state index contributed by atoms with van der Waals surface area (Å²) in [6.07, 6.45) is 8.87. The Morgan fingerprint density at radius 2 is 1.90 bits per heavy atom. The molecule has 8 heteroatoms. The van der Waals surface area contributed by atoms with Crippen LogP contribution < -0.4 is 5.32 Å². The Morgan fingerprint density at radius 3 is 2.71 bits per heavy atom. The van der Waals surface area contributed by atoms with Crippen molar-refractivity contribution in [2.24, 2.45) is 0 Å². The number of benzene rings is 2. The molecule has 0 aliphatic heterocycles. The van der Waals surface area contributed by atoms with Crippen molar-refractivity contribution in [3.63, 3.8) is 0 Å². The van der Waals surface area contributed by atoms with E-state index in [0.717, 1.165) is 49.9 Å². The molecule has 0 bridgehead atoms. The highest BCUT2D eigenvalue weighted by Crippen LogP contribution is 2.31. The van der Waals surface area contributed by atoms with Gasteiger partial charge in [0.15, 0.2) is 17.3 Å². The fraction of sp³-hybridized carbons (Fsp3) is 0.152. The Balaban J connectivity index is 1.38. The van der Waals surface area contributed by atoms with E-state index in [4.69, 9.17) is 15.0 Å². The molecule has 4 aromatic heterocycles. The third kappa shape index (κ3) is 5.19. The number of rotatable bonds is 9. The molecule has 0 fully saturated rings. The minimum atomic E-state index is -0.00161. The van der Waals surface area contributed by atoms with Crippen molar-refractivity contribution in [2.75, 3.05) is 5.32 Å². The van der Waals surface area contributed by atoms with Crippen LogP contribution in [0.25, 0.3) is 39.1 Å². The quantitative estimate of drug-likeness (QED) is 0.211. The Labute approximate surface area is 237 Å². The van der Waals surface area contributed by atoms with Gasteiger partial charge in [0.2, 0.25) is 5.95 Å². The normalized spacial score (nSPS) is 11.3. The van der Waals surface area contributed by atoms with E-state index in [-0.39, 0.29) is 11.7 Å². The van der Waals surface area contributed by atoms with Crippen LogP contribution in [-0.2, 0) is 17.8 Å². The molecule has 1 N–H and O–H groups in total. The Bertz CT molecular complexity index is 1890. The largest absolute Gasteiger partial charge is 0.350 e. The minimum Gasteiger partial charge on any atom is -0.350 e. The minimum absolute atomic E-state index is 0.00161. The molecule has 6 aromatic rings. The van der Waals surface area contributed by atoms with Crippen LogP contribution in [0.15, 0.2) is 98.1 Å². The number of nitrogens with one attached hydrogen (secondary N) is 1. The van der Waals surface area contributed by atoms with Crippen LogP contribution in [-0.4, -0.2) is 35.3 Å². The van der Waals surface area contributed by atoms with Crippen molar-refractivity contribution >= 4 is 28.2 Å². The number of aromatic nitrogens is 6. The number of pyridine rings is 2. The average molecular weight is 540 g/mol. The highest BCUT2D eigenvalue weighted by molar-refractivity contribution is 5.97. The Hall–Kier alpha value is -5.24. The van der Waals surface area contributed by atoms with Crippen LogP contribution in [0, 0.1) is 0 Å². The van der Waals surface area contributed by atoms with E-state index < -0.39 is 0 Å². The van der Waals surface area contributed by atoms with Gasteiger partial charge >= 0.3 is 0 Å². The molecule has 0 saturated heterocycles. The number of allylic oxidation sites excluding steroid dienone is 1. The van der Waals surface area contributed by atoms with E-state index in [1.807, 2.05) is 60.9 Å². The van der Waals surface area contributed by atoms with Crippen molar-refractivity contribution in [2.45, 2.75) is 32.7 Å². The summed E-state index contributed by atoms with van der Waals surface area (Å²) in [5.74, 6) is 1.44. The first-order valence-electron chi connectivity index (χ1n) is 13.5. The van der Waals surface area contributed by atoms with Crippen molar-refractivity contribution < 1.29 is 4.79 Å². The van der Waals surface area contributed by atoms with E-state index in [9.17, 15) is 4.79 Å². The lowest BCUT2D eigenvalue weighted by Crippen LogP contribution is -2.11. The predicted octanol–water partition coefficient (Wildman–Crippen LogP) is 6.43. The molecule has 0 unspecified atom stereocenters. The Kier molecular flexibility index (Phi) is 7.04. The van der Waals surface area contributed by atoms with Crippen LogP contribution in [0.4, 0.5) is 5.95 Å². The molecule has 6 rings (SSSR count). The van der Waals surface area contributed by atoms with Gasteiger partial charge in [-0.05, 0) is 46.7 Å². The van der Waals surface area contributed by atoms with Crippen LogP contribution in [0.1, 0.15) is 36.5 Å². The number of hydrogen-bond acceptors (Lipinski definition) is 7. The topological polar surface area (TPSA) is 98.0 Å². The number of fused-ring (bicyclic) bond motifs is 2. The van der Waals surface area contributed by atoms with Gasteiger partial charge in [-0.3, -0.25) is 14.8 Å². The van der Waals surface area contributed by atoms with Crippen LogP contribution >= 0.6 is 0 Å². The molecule has 2 aromatic carbocycles. The molecule has 0 aliphatic rings. The third-order valence-electron chi connectivity index (χ3n) is 7.08. The fourth-order valence-corrected chi connectivity index (χ4v) is 4.95. The highest BCUT2D eigenvalue weighted by atomic mass is 16.1. The number of carbonyl (C=O) groups is 1. The molecule has 0 saturated carbocycles. The lowest BCUT2D eigenvalue weighted by atomic mass is 9.97. The highest BCUT2D eigenvalue weighted by Gasteiger charge is 2.17. The van der Waals surface area contributed by atoms with Gasteiger partial charge in [-0.2, -0.15) is 14.6 Å². The third-order valence-corrected chi connectivity index (χ3v) is 7.08. The number of anilines is 1. The number of ketones is 1. The lowest BCUT2D eigenvalue weighted by molar-refractivity contribution is -0.114. The number of carbonyl (C=O) groups excluding carboxylic acids is 1. The zero-order valence-electron chi connectivity index (χ0n) is 23.0.